The number of nitrogens with one attached hydrogen (secondary N) is 2. The molecule has 2 aromatic heterocycles. The van der Waals surface area contributed by atoms with Gasteiger partial charge in [-0.25, -0.2) is 15.1 Å². The van der Waals surface area contributed by atoms with Crippen LogP contribution in [0.1, 0.15) is 60.0 Å². The SMILES string of the molecule is C1CCCCC1.Cc1ccc(NC(=O)c2ccc(CN3CCN(C)CC3)cc2)cc1Nc1nccc(-c2cccnc2)n1.NS(=O)(=O)O. The maximum atomic E-state index is 12.9. The molecule has 0 atom stereocenters. The number of piperazine rings is 1. The van der Waals surface area contributed by atoms with E-state index in [1.54, 1.807) is 18.6 Å². The van der Waals surface area contributed by atoms with Crippen molar-refractivity contribution in [2.24, 2.45) is 5.14 Å². The van der Waals surface area contributed by atoms with Crippen LogP contribution in [0.15, 0.2) is 79.3 Å². The summed E-state index contributed by atoms with van der Waals surface area (Å²) < 4.78 is 25.2. The lowest BCUT2D eigenvalue weighted by atomic mass is 10.0. The van der Waals surface area contributed by atoms with Crippen LogP contribution in [-0.4, -0.2) is 76.9 Å². The van der Waals surface area contributed by atoms with Gasteiger partial charge >= 0.3 is 10.3 Å². The third kappa shape index (κ3) is 13.1. The number of benzene rings is 2. The summed E-state index contributed by atoms with van der Waals surface area (Å²) in [7, 11) is -2.01. The van der Waals surface area contributed by atoms with Crippen molar-refractivity contribution in [3.63, 3.8) is 0 Å². The molecule has 256 valence electrons. The summed E-state index contributed by atoms with van der Waals surface area (Å²) in [6.45, 7) is 7.24. The van der Waals surface area contributed by atoms with E-state index in [4.69, 9.17) is 13.0 Å². The van der Waals surface area contributed by atoms with E-state index < -0.39 is 10.3 Å². The van der Waals surface area contributed by atoms with Gasteiger partial charge in [-0.15, -0.1) is 0 Å². The molecule has 0 spiro atoms. The lowest BCUT2D eigenvalue weighted by molar-refractivity contribution is 0.102. The number of likely N-dealkylation sites (N-methyl/N-ethyl adjacent to an activating group) is 1. The first-order valence-corrected chi connectivity index (χ1v) is 17.7. The lowest BCUT2D eigenvalue weighted by Gasteiger charge is -2.32. The molecule has 12 nitrogen and oxygen atoms in total. The summed E-state index contributed by atoms with van der Waals surface area (Å²) in [4.78, 5) is 30.9. The number of rotatable bonds is 7. The highest BCUT2D eigenvalue weighted by atomic mass is 32.2. The van der Waals surface area contributed by atoms with Gasteiger partial charge in [0.1, 0.15) is 0 Å². The number of nitrogens with two attached hydrogens (primary N) is 1. The van der Waals surface area contributed by atoms with Crippen LogP contribution in [-0.2, 0) is 16.8 Å². The highest BCUT2D eigenvalue weighted by Crippen LogP contribution is 2.25. The van der Waals surface area contributed by atoms with E-state index in [9.17, 15) is 4.79 Å². The van der Waals surface area contributed by atoms with Gasteiger partial charge in [0.05, 0.1) is 5.69 Å². The normalized spacial score (nSPS) is 15.2. The summed E-state index contributed by atoms with van der Waals surface area (Å²) >= 11 is 0. The van der Waals surface area contributed by atoms with Crippen molar-refractivity contribution in [1.82, 2.24) is 24.8 Å². The van der Waals surface area contributed by atoms with Gasteiger partial charge in [0, 0.05) is 73.8 Å². The van der Waals surface area contributed by atoms with Crippen molar-refractivity contribution in [2.45, 2.75) is 52.0 Å². The molecular weight excluding hydrogens is 629 g/mol. The van der Waals surface area contributed by atoms with E-state index >= 15 is 0 Å². The maximum absolute atomic E-state index is 12.9. The number of nitrogens with zero attached hydrogens (tertiary/aromatic N) is 5. The zero-order chi connectivity index (χ0) is 34.4. The number of carbonyl (C=O) groups excluding carboxylic acids is 1. The van der Waals surface area contributed by atoms with Gasteiger partial charge in [0.2, 0.25) is 5.95 Å². The molecule has 1 saturated carbocycles. The van der Waals surface area contributed by atoms with Crippen molar-refractivity contribution < 1.29 is 17.8 Å². The Bertz CT molecular complexity index is 1670. The molecule has 0 unspecified atom stereocenters. The Kier molecular flexibility index (Phi) is 14.0. The molecule has 0 bridgehead atoms. The molecule has 2 aliphatic rings. The van der Waals surface area contributed by atoms with Crippen molar-refractivity contribution in [2.75, 3.05) is 43.9 Å². The molecule has 1 saturated heterocycles. The number of carbonyl (C=O) groups is 1. The molecule has 13 heteroatoms. The maximum Gasteiger partial charge on any atom is 0.330 e. The van der Waals surface area contributed by atoms with Gasteiger partial charge in [0.15, 0.2) is 0 Å². The molecule has 5 N–H and O–H groups in total. The Balaban J connectivity index is 0.000000404. The molecular formula is C35H46N8O4S. The first-order chi connectivity index (χ1) is 23.0. The summed E-state index contributed by atoms with van der Waals surface area (Å²) in [5, 5.41) is 10.2. The minimum atomic E-state index is -4.17. The Morgan fingerprint density at radius 1 is 0.917 bits per heavy atom. The van der Waals surface area contributed by atoms with Crippen LogP contribution in [0.4, 0.5) is 17.3 Å². The smallest absolute Gasteiger partial charge is 0.324 e. The van der Waals surface area contributed by atoms with Crippen LogP contribution in [0.3, 0.4) is 0 Å². The third-order valence-corrected chi connectivity index (χ3v) is 8.07. The Morgan fingerprint density at radius 3 is 2.17 bits per heavy atom. The van der Waals surface area contributed by atoms with Crippen molar-refractivity contribution in [3.8, 4) is 11.3 Å². The van der Waals surface area contributed by atoms with E-state index in [1.807, 2.05) is 67.6 Å². The van der Waals surface area contributed by atoms with Gasteiger partial charge in [-0.1, -0.05) is 56.7 Å². The third-order valence-electron chi connectivity index (χ3n) is 8.07. The zero-order valence-corrected chi connectivity index (χ0v) is 28.5. The Morgan fingerprint density at radius 2 is 1.56 bits per heavy atom. The number of anilines is 3. The van der Waals surface area contributed by atoms with Gasteiger partial charge in [-0.05, 0) is 67.6 Å². The highest BCUT2D eigenvalue weighted by Gasteiger charge is 2.14. The van der Waals surface area contributed by atoms with Crippen LogP contribution >= 0.6 is 0 Å². The average molecular weight is 675 g/mol. The first-order valence-electron chi connectivity index (χ1n) is 16.2. The van der Waals surface area contributed by atoms with E-state index in [-0.39, 0.29) is 5.91 Å². The van der Waals surface area contributed by atoms with Crippen LogP contribution < -0.4 is 15.8 Å². The fourth-order valence-electron chi connectivity index (χ4n) is 5.34. The fraction of sp³-hybridized carbons (Fsp3) is 0.371. The average Bonchev–Trinajstić information content (AvgIpc) is 3.08. The van der Waals surface area contributed by atoms with Crippen LogP contribution in [0, 0.1) is 6.92 Å². The van der Waals surface area contributed by atoms with Crippen molar-refractivity contribution in [3.05, 3.63) is 95.9 Å². The highest BCUT2D eigenvalue weighted by molar-refractivity contribution is 7.83. The van der Waals surface area contributed by atoms with Crippen LogP contribution in [0.2, 0.25) is 0 Å². The second-order valence-corrected chi connectivity index (χ2v) is 13.1. The number of hydrogen-bond donors (Lipinski definition) is 4. The summed E-state index contributed by atoms with van der Waals surface area (Å²) in [5.41, 5.74) is 6.08. The van der Waals surface area contributed by atoms with Gasteiger partial charge < -0.3 is 15.5 Å². The first kappa shape index (κ1) is 36.6. The molecule has 4 aromatic rings. The summed E-state index contributed by atoms with van der Waals surface area (Å²) in [5.74, 6) is 0.333. The molecule has 1 amide bonds. The number of pyridine rings is 1. The van der Waals surface area contributed by atoms with Crippen molar-refractivity contribution in [1.29, 1.82) is 0 Å². The molecule has 6 rings (SSSR count). The van der Waals surface area contributed by atoms with E-state index in [1.165, 1.54) is 44.1 Å². The van der Waals surface area contributed by atoms with E-state index in [0.29, 0.717) is 17.2 Å². The fourth-order valence-corrected chi connectivity index (χ4v) is 5.34. The molecule has 1 aliphatic heterocycles. The number of aromatic nitrogens is 3. The van der Waals surface area contributed by atoms with Crippen LogP contribution in [0.5, 0.6) is 0 Å². The molecule has 48 heavy (non-hydrogen) atoms. The topological polar surface area (TPSA) is 167 Å². The van der Waals surface area contributed by atoms with Gasteiger partial charge in [-0.2, -0.15) is 8.42 Å². The summed E-state index contributed by atoms with van der Waals surface area (Å²) in [6, 6.07) is 19.3. The van der Waals surface area contributed by atoms with E-state index in [0.717, 1.165) is 55.2 Å². The monoisotopic (exact) mass is 674 g/mol. The minimum absolute atomic E-state index is 0.143. The lowest BCUT2D eigenvalue weighted by Crippen LogP contribution is -2.43. The summed E-state index contributed by atoms with van der Waals surface area (Å²) in [6.07, 6.45) is 14.2. The van der Waals surface area contributed by atoms with Gasteiger partial charge in [-0.3, -0.25) is 19.2 Å². The number of amides is 1. The second-order valence-electron chi connectivity index (χ2n) is 12.0. The van der Waals surface area contributed by atoms with E-state index in [2.05, 4.69) is 47.6 Å². The largest absolute Gasteiger partial charge is 0.330 e. The second kappa shape index (κ2) is 18.3. The Hall–Kier alpha value is -4.27. The Labute approximate surface area is 283 Å². The molecule has 3 heterocycles. The number of hydrogen-bond acceptors (Lipinski definition) is 9. The quantitative estimate of drug-likeness (QED) is 0.179. The zero-order valence-electron chi connectivity index (χ0n) is 27.7. The minimum Gasteiger partial charge on any atom is -0.324 e. The molecule has 2 fully saturated rings. The predicted octanol–water partition coefficient (Wildman–Crippen LogP) is 5.68. The molecule has 1 aliphatic carbocycles. The standard InChI is InChI=1S/C29H31N7O.C6H12.H3NO3S/c1-21-5-10-25(18-27(21)34-29-31-13-11-26(33-29)24-4-3-12-30-19-24)32-28(37)23-8-6-22(7-9-23)20-36-16-14-35(2)15-17-36;1-2-4-6-5-3-1;1-5(2,3)4/h3-13,18-19H,14-17,20H2,1-2H3,(H,32,37)(H,31,33,34);1-6H2;(H3,1,2,3,4). The number of aryl methyl sites for hydroxylation is 1. The molecule has 0 radical (unpaired) electrons. The van der Waals surface area contributed by atoms with Crippen LogP contribution in [0.25, 0.3) is 11.3 Å². The van der Waals surface area contributed by atoms with Crippen molar-refractivity contribution >= 4 is 33.5 Å². The molecule has 2 aromatic carbocycles. The predicted molar refractivity (Wildman–Crippen MR) is 190 cm³/mol. The van der Waals surface area contributed by atoms with Gasteiger partial charge in [0.25, 0.3) is 5.91 Å².